The maximum absolute atomic E-state index is 13.5. The van der Waals surface area contributed by atoms with Crippen LogP contribution in [-0.2, 0) is 26.2 Å². The van der Waals surface area contributed by atoms with Gasteiger partial charge in [-0.1, -0.05) is 45.0 Å². The van der Waals surface area contributed by atoms with E-state index < -0.39 is 16.1 Å². The molecule has 2 aromatic rings. The number of aryl methyl sites for hydroxylation is 1. The molecule has 0 radical (unpaired) electrons. The van der Waals surface area contributed by atoms with Crippen LogP contribution in [0.4, 0.5) is 5.69 Å². The van der Waals surface area contributed by atoms with Gasteiger partial charge in [-0.05, 0) is 61.1 Å². The summed E-state index contributed by atoms with van der Waals surface area (Å²) in [4.78, 5) is 28.2. The van der Waals surface area contributed by atoms with Crippen molar-refractivity contribution < 1.29 is 22.7 Å². The van der Waals surface area contributed by atoms with Gasteiger partial charge in [-0.25, -0.2) is 8.42 Å². The Hall–Kier alpha value is -3.07. The number of carbonyl (C=O) groups is 2. The van der Waals surface area contributed by atoms with Crippen molar-refractivity contribution in [2.75, 3.05) is 30.8 Å². The third kappa shape index (κ3) is 9.39. The number of sulfonamides is 1. The van der Waals surface area contributed by atoms with Gasteiger partial charge >= 0.3 is 0 Å². The monoisotopic (exact) mass is 531 g/mol. The first-order valence-electron chi connectivity index (χ1n) is 12.7. The van der Waals surface area contributed by atoms with Crippen molar-refractivity contribution in [1.82, 2.24) is 10.2 Å². The van der Waals surface area contributed by atoms with Crippen LogP contribution in [0.25, 0.3) is 0 Å². The van der Waals surface area contributed by atoms with Crippen LogP contribution in [0.2, 0.25) is 0 Å². The molecule has 1 atom stereocenters. The number of amides is 2. The molecule has 0 aromatic heterocycles. The highest BCUT2D eigenvalue weighted by Crippen LogP contribution is 2.21. The number of ether oxygens (including phenoxy) is 1. The summed E-state index contributed by atoms with van der Waals surface area (Å²) in [5.74, 6) is 0.564. The first-order valence-corrected chi connectivity index (χ1v) is 14.6. The lowest BCUT2D eigenvalue weighted by atomic mass is 10.1. The maximum Gasteiger partial charge on any atom is 0.242 e. The summed E-state index contributed by atoms with van der Waals surface area (Å²) in [6.07, 6.45) is 2.05. The standard InChI is InChI=1S/C28H41N3O5S/c1-7-26(28(33)29-19-21(2)3)30(20-23-12-9-14-25(18-23)36-5)27(32)15-10-16-31(37(6,34)35)24-13-8-11-22(4)17-24/h8-9,11-14,17-18,21,26H,7,10,15-16,19-20H2,1-6H3,(H,29,33)/t26-/m0/s1. The van der Waals surface area contributed by atoms with E-state index in [0.29, 0.717) is 30.8 Å². The van der Waals surface area contributed by atoms with Crippen LogP contribution >= 0.6 is 0 Å². The average Bonchev–Trinajstić information content (AvgIpc) is 2.84. The lowest BCUT2D eigenvalue weighted by Crippen LogP contribution is -2.49. The molecule has 0 bridgehead atoms. The van der Waals surface area contributed by atoms with Crippen LogP contribution in [0.5, 0.6) is 5.75 Å². The van der Waals surface area contributed by atoms with E-state index in [1.165, 1.54) is 10.6 Å². The van der Waals surface area contributed by atoms with Gasteiger partial charge in [0, 0.05) is 26.1 Å². The van der Waals surface area contributed by atoms with E-state index in [1.54, 1.807) is 18.1 Å². The summed E-state index contributed by atoms with van der Waals surface area (Å²) < 4.78 is 31.6. The van der Waals surface area contributed by atoms with Crippen LogP contribution < -0.4 is 14.4 Å². The second-order valence-electron chi connectivity index (χ2n) is 9.71. The fourth-order valence-electron chi connectivity index (χ4n) is 4.10. The van der Waals surface area contributed by atoms with E-state index >= 15 is 0 Å². The number of nitrogens with zero attached hydrogens (tertiary/aromatic N) is 2. The quantitative estimate of drug-likeness (QED) is 0.396. The number of nitrogens with one attached hydrogen (secondary N) is 1. The molecule has 2 aromatic carbocycles. The molecular weight excluding hydrogens is 490 g/mol. The Morgan fingerprint density at radius 1 is 1.08 bits per heavy atom. The lowest BCUT2D eigenvalue weighted by Gasteiger charge is -2.31. The van der Waals surface area contributed by atoms with Crippen molar-refractivity contribution in [1.29, 1.82) is 0 Å². The van der Waals surface area contributed by atoms with Gasteiger partial charge in [0.05, 0.1) is 19.1 Å². The van der Waals surface area contributed by atoms with E-state index in [1.807, 2.05) is 70.2 Å². The highest BCUT2D eigenvalue weighted by Gasteiger charge is 2.29. The molecule has 2 rings (SSSR count). The van der Waals surface area contributed by atoms with Crippen LogP contribution in [0, 0.1) is 12.8 Å². The van der Waals surface area contributed by atoms with E-state index in [2.05, 4.69) is 5.32 Å². The van der Waals surface area contributed by atoms with Crippen LogP contribution in [-0.4, -0.2) is 57.6 Å². The molecule has 37 heavy (non-hydrogen) atoms. The Kier molecular flexibility index (Phi) is 11.4. The molecule has 0 saturated carbocycles. The second kappa shape index (κ2) is 14.0. The molecule has 0 saturated heterocycles. The predicted octanol–water partition coefficient (Wildman–Crippen LogP) is 4.13. The summed E-state index contributed by atoms with van der Waals surface area (Å²) in [6, 6.07) is 14.1. The molecule has 0 fully saturated rings. The molecule has 0 aliphatic rings. The SMILES string of the molecule is CC[C@@H](C(=O)NCC(C)C)N(Cc1cccc(OC)c1)C(=O)CCCN(c1cccc(C)c1)S(C)(=O)=O. The number of rotatable bonds is 14. The normalized spacial score (nSPS) is 12.2. The third-order valence-corrected chi connectivity index (χ3v) is 7.19. The molecule has 0 aliphatic heterocycles. The molecule has 1 N–H and O–H groups in total. The van der Waals surface area contributed by atoms with Crippen molar-refractivity contribution in [3.8, 4) is 5.75 Å². The first kappa shape index (κ1) is 30.2. The van der Waals surface area contributed by atoms with Crippen molar-refractivity contribution in [3.63, 3.8) is 0 Å². The second-order valence-corrected chi connectivity index (χ2v) is 11.6. The highest BCUT2D eigenvalue weighted by atomic mass is 32.2. The topological polar surface area (TPSA) is 96.0 Å². The van der Waals surface area contributed by atoms with Crippen LogP contribution in [0.1, 0.15) is 51.2 Å². The fourth-order valence-corrected chi connectivity index (χ4v) is 5.05. The highest BCUT2D eigenvalue weighted by molar-refractivity contribution is 7.92. The van der Waals surface area contributed by atoms with Crippen LogP contribution in [0.15, 0.2) is 48.5 Å². The summed E-state index contributed by atoms with van der Waals surface area (Å²) >= 11 is 0. The zero-order valence-corrected chi connectivity index (χ0v) is 23.7. The Bertz CT molecular complexity index is 1150. The van der Waals surface area contributed by atoms with Gasteiger partial charge in [-0.3, -0.25) is 13.9 Å². The van der Waals surface area contributed by atoms with E-state index in [9.17, 15) is 18.0 Å². The first-order chi connectivity index (χ1) is 17.5. The molecular formula is C28H41N3O5S. The predicted molar refractivity (Wildman–Crippen MR) is 148 cm³/mol. The molecule has 0 spiro atoms. The maximum atomic E-state index is 13.5. The molecule has 0 unspecified atom stereocenters. The van der Waals surface area contributed by atoms with Gasteiger partial charge in [0.1, 0.15) is 11.8 Å². The van der Waals surface area contributed by atoms with Gasteiger partial charge < -0.3 is 15.0 Å². The van der Waals surface area contributed by atoms with E-state index in [4.69, 9.17) is 4.74 Å². The Morgan fingerprint density at radius 3 is 2.38 bits per heavy atom. The van der Waals surface area contributed by atoms with E-state index in [-0.39, 0.29) is 37.2 Å². The van der Waals surface area contributed by atoms with Gasteiger partial charge in [-0.15, -0.1) is 0 Å². The van der Waals surface area contributed by atoms with Gasteiger partial charge in [0.25, 0.3) is 0 Å². The fraction of sp³-hybridized carbons (Fsp3) is 0.500. The number of hydrogen-bond acceptors (Lipinski definition) is 5. The van der Waals surface area contributed by atoms with Gasteiger partial charge in [-0.2, -0.15) is 0 Å². The summed E-state index contributed by atoms with van der Waals surface area (Å²) in [6.45, 7) is 8.75. The molecule has 0 aliphatic carbocycles. The summed E-state index contributed by atoms with van der Waals surface area (Å²) in [5.41, 5.74) is 2.37. The zero-order chi connectivity index (χ0) is 27.6. The molecule has 8 nitrogen and oxygen atoms in total. The third-order valence-electron chi connectivity index (χ3n) is 6.00. The zero-order valence-electron chi connectivity index (χ0n) is 22.9. The molecule has 2 amide bonds. The minimum atomic E-state index is -3.53. The Labute approximate surface area is 222 Å². The number of anilines is 1. The Morgan fingerprint density at radius 2 is 1.78 bits per heavy atom. The number of hydrogen-bond donors (Lipinski definition) is 1. The Balaban J connectivity index is 2.23. The van der Waals surface area contributed by atoms with E-state index in [0.717, 1.165) is 11.1 Å². The van der Waals surface area contributed by atoms with Crippen molar-refractivity contribution >= 4 is 27.5 Å². The largest absolute Gasteiger partial charge is 0.497 e. The smallest absolute Gasteiger partial charge is 0.242 e. The number of benzene rings is 2. The van der Waals surface area contributed by atoms with Crippen molar-refractivity contribution in [2.45, 2.75) is 59.5 Å². The average molecular weight is 532 g/mol. The van der Waals surface area contributed by atoms with Crippen molar-refractivity contribution in [3.05, 3.63) is 59.7 Å². The molecule has 9 heteroatoms. The summed E-state index contributed by atoms with van der Waals surface area (Å²) in [5, 5.41) is 2.95. The van der Waals surface area contributed by atoms with Crippen molar-refractivity contribution in [2.24, 2.45) is 5.92 Å². The van der Waals surface area contributed by atoms with Crippen LogP contribution in [0.3, 0.4) is 0 Å². The van der Waals surface area contributed by atoms with Gasteiger partial charge in [0.2, 0.25) is 21.8 Å². The minimum Gasteiger partial charge on any atom is -0.497 e. The lowest BCUT2D eigenvalue weighted by molar-refractivity contribution is -0.141. The summed E-state index contributed by atoms with van der Waals surface area (Å²) in [7, 11) is -1.95. The number of carbonyl (C=O) groups excluding carboxylic acids is 2. The molecule has 0 heterocycles. The number of methoxy groups -OCH3 is 1. The minimum absolute atomic E-state index is 0.107. The van der Waals surface area contributed by atoms with Gasteiger partial charge in [0.15, 0.2) is 0 Å². The molecule has 204 valence electrons.